The smallest absolute Gasteiger partial charge is 0.224 e. The van der Waals surface area contributed by atoms with Crippen LogP contribution in [0.1, 0.15) is 31.9 Å². The third-order valence-corrected chi connectivity index (χ3v) is 2.96. The molecule has 1 aliphatic heterocycles. The van der Waals surface area contributed by atoms with E-state index in [1.807, 2.05) is 6.07 Å². The van der Waals surface area contributed by atoms with Crippen LogP contribution in [0.2, 0.25) is 5.15 Å². The summed E-state index contributed by atoms with van der Waals surface area (Å²) in [7, 11) is 0. The molecule has 1 aliphatic rings. The van der Waals surface area contributed by atoms with E-state index in [0.717, 1.165) is 44.5 Å². The summed E-state index contributed by atoms with van der Waals surface area (Å²) in [6, 6.07) is 1.82. The zero-order valence-electron chi connectivity index (χ0n) is 10.1. The lowest BCUT2D eigenvalue weighted by Crippen LogP contribution is -2.19. The Balaban J connectivity index is 1.94. The Morgan fingerprint density at radius 3 is 3.12 bits per heavy atom. The topological polar surface area (TPSA) is 47.0 Å². The van der Waals surface area contributed by atoms with Crippen LogP contribution in [0, 0.1) is 0 Å². The van der Waals surface area contributed by atoms with Gasteiger partial charge >= 0.3 is 0 Å². The van der Waals surface area contributed by atoms with E-state index in [1.165, 1.54) is 0 Å². The van der Waals surface area contributed by atoms with Crippen LogP contribution in [0.3, 0.4) is 0 Å². The van der Waals surface area contributed by atoms with Crippen molar-refractivity contribution in [3.05, 3.63) is 16.9 Å². The Kier molecular flexibility index (Phi) is 4.57. The lowest BCUT2D eigenvalue weighted by molar-refractivity contribution is 0.120. The number of anilines is 1. The first-order chi connectivity index (χ1) is 8.28. The number of rotatable bonds is 5. The van der Waals surface area contributed by atoms with E-state index in [9.17, 15) is 0 Å². The standard InChI is InChI=1S/C12H18ClN3O/c1-2-4-9-7-11(13)16-12(15-9)14-8-10-5-3-6-17-10/h7,10H,2-6,8H2,1H3,(H,14,15,16). The average Bonchev–Trinajstić information content (AvgIpc) is 2.79. The van der Waals surface area contributed by atoms with Gasteiger partial charge in [0.1, 0.15) is 5.15 Å². The van der Waals surface area contributed by atoms with Crippen LogP contribution < -0.4 is 5.32 Å². The molecule has 0 aliphatic carbocycles. The Morgan fingerprint density at radius 1 is 1.53 bits per heavy atom. The van der Waals surface area contributed by atoms with Crippen molar-refractivity contribution in [2.24, 2.45) is 0 Å². The van der Waals surface area contributed by atoms with E-state index in [4.69, 9.17) is 16.3 Å². The number of hydrogen-bond donors (Lipinski definition) is 1. The lowest BCUT2D eigenvalue weighted by Gasteiger charge is -2.11. The van der Waals surface area contributed by atoms with Crippen molar-refractivity contribution in [3.63, 3.8) is 0 Å². The molecule has 1 unspecified atom stereocenters. The number of nitrogens with zero attached hydrogens (tertiary/aromatic N) is 2. The van der Waals surface area contributed by atoms with Crippen LogP contribution in [0.5, 0.6) is 0 Å². The van der Waals surface area contributed by atoms with Crippen molar-refractivity contribution < 1.29 is 4.74 Å². The highest BCUT2D eigenvalue weighted by molar-refractivity contribution is 6.29. The monoisotopic (exact) mass is 255 g/mol. The number of hydrogen-bond acceptors (Lipinski definition) is 4. The lowest BCUT2D eigenvalue weighted by atomic mass is 10.2. The predicted molar refractivity (Wildman–Crippen MR) is 68.5 cm³/mol. The molecule has 17 heavy (non-hydrogen) atoms. The van der Waals surface area contributed by atoms with Crippen LogP contribution in [-0.4, -0.2) is 29.2 Å². The second kappa shape index (κ2) is 6.17. The van der Waals surface area contributed by atoms with Gasteiger partial charge in [0.05, 0.1) is 6.10 Å². The summed E-state index contributed by atoms with van der Waals surface area (Å²) in [6.07, 6.45) is 4.52. The molecule has 2 heterocycles. The van der Waals surface area contributed by atoms with Crippen molar-refractivity contribution in [3.8, 4) is 0 Å². The number of ether oxygens (including phenoxy) is 1. The fraction of sp³-hybridized carbons (Fsp3) is 0.667. The predicted octanol–water partition coefficient (Wildman–Crippen LogP) is 2.67. The molecule has 0 saturated carbocycles. The molecule has 0 spiro atoms. The highest BCUT2D eigenvalue weighted by Gasteiger charge is 2.15. The summed E-state index contributed by atoms with van der Waals surface area (Å²) in [5.74, 6) is 0.608. The molecular weight excluding hydrogens is 238 g/mol. The summed E-state index contributed by atoms with van der Waals surface area (Å²) in [6.45, 7) is 3.74. The second-order valence-electron chi connectivity index (χ2n) is 4.27. The highest BCUT2D eigenvalue weighted by atomic mass is 35.5. The van der Waals surface area contributed by atoms with Gasteiger partial charge in [-0.3, -0.25) is 0 Å². The van der Waals surface area contributed by atoms with Crippen LogP contribution in [0.25, 0.3) is 0 Å². The summed E-state index contributed by atoms with van der Waals surface area (Å²) in [5, 5.41) is 3.69. The molecule has 2 rings (SSSR count). The van der Waals surface area contributed by atoms with Gasteiger partial charge in [0.25, 0.3) is 0 Å². The fourth-order valence-electron chi connectivity index (χ4n) is 1.94. The van der Waals surface area contributed by atoms with E-state index in [0.29, 0.717) is 11.1 Å². The van der Waals surface area contributed by atoms with Crippen LogP contribution >= 0.6 is 11.6 Å². The quantitative estimate of drug-likeness (QED) is 0.822. The van der Waals surface area contributed by atoms with Gasteiger partial charge in [-0.25, -0.2) is 9.97 Å². The van der Waals surface area contributed by atoms with Gasteiger partial charge in [-0.2, -0.15) is 0 Å². The minimum atomic E-state index is 0.284. The van der Waals surface area contributed by atoms with Gasteiger partial charge in [-0.05, 0) is 25.3 Å². The number of aromatic nitrogens is 2. The molecule has 1 fully saturated rings. The molecule has 94 valence electrons. The van der Waals surface area contributed by atoms with Crippen molar-refractivity contribution in [1.29, 1.82) is 0 Å². The zero-order valence-corrected chi connectivity index (χ0v) is 10.8. The first-order valence-electron chi connectivity index (χ1n) is 6.17. The summed E-state index contributed by atoms with van der Waals surface area (Å²) >= 11 is 5.96. The van der Waals surface area contributed by atoms with Gasteiger partial charge < -0.3 is 10.1 Å². The Hall–Kier alpha value is -0.870. The largest absolute Gasteiger partial charge is 0.376 e. The second-order valence-corrected chi connectivity index (χ2v) is 4.66. The maximum atomic E-state index is 5.96. The summed E-state index contributed by atoms with van der Waals surface area (Å²) < 4.78 is 5.53. The maximum absolute atomic E-state index is 5.96. The summed E-state index contributed by atoms with van der Waals surface area (Å²) in [5.41, 5.74) is 0.988. The van der Waals surface area contributed by atoms with Crippen molar-refractivity contribution in [1.82, 2.24) is 9.97 Å². The molecule has 0 radical (unpaired) electrons. The molecule has 1 N–H and O–H groups in total. The van der Waals surface area contributed by atoms with Crippen LogP contribution in [-0.2, 0) is 11.2 Å². The molecule has 1 aromatic rings. The normalized spacial score (nSPS) is 19.5. The van der Waals surface area contributed by atoms with Crippen molar-refractivity contribution in [2.75, 3.05) is 18.5 Å². The molecule has 0 amide bonds. The molecule has 0 bridgehead atoms. The van der Waals surface area contributed by atoms with E-state index >= 15 is 0 Å². The molecule has 0 aromatic carbocycles. The average molecular weight is 256 g/mol. The number of halogens is 1. The number of aryl methyl sites for hydroxylation is 1. The van der Waals surface area contributed by atoms with Crippen molar-refractivity contribution in [2.45, 2.75) is 38.7 Å². The van der Waals surface area contributed by atoms with E-state index in [2.05, 4.69) is 22.2 Å². The third kappa shape index (κ3) is 3.82. The first-order valence-corrected chi connectivity index (χ1v) is 6.54. The summed E-state index contributed by atoms with van der Waals surface area (Å²) in [4.78, 5) is 8.59. The van der Waals surface area contributed by atoms with E-state index < -0.39 is 0 Å². The van der Waals surface area contributed by atoms with Gasteiger partial charge in [0.2, 0.25) is 5.95 Å². The Bertz CT molecular complexity index is 367. The Labute approximate surface area is 107 Å². The fourth-order valence-corrected chi connectivity index (χ4v) is 2.14. The van der Waals surface area contributed by atoms with Gasteiger partial charge in [0, 0.05) is 18.8 Å². The first kappa shape index (κ1) is 12.6. The van der Waals surface area contributed by atoms with E-state index in [-0.39, 0.29) is 6.10 Å². The Morgan fingerprint density at radius 2 is 2.41 bits per heavy atom. The van der Waals surface area contributed by atoms with Crippen LogP contribution in [0.15, 0.2) is 6.07 Å². The number of nitrogens with one attached hydrogen (secondary N) is 1. The minimum absolute atomic E-state index is 0.284. The molecule has 5 heteroatoms. The van der Waals surface area contributed by atoms with Gasteiger partial charge in [0.15, 0.2) is 0 Å². The zero-order chi connectivity index (χ0) is 12.1. The minimum Gasteiger partial charge on any atom is -0.376 e. The molecule has 1 saturated heterocycles. The molecule has 4 nitrogen and oxygen atoms in total. The van der Waals surface area contributed by atoms with Gasteiger partial charge in [-0.1, -0.05) is 24.9 Å². The third-order valence-electron chi connectivity index (χ3n) is 2.77. The van der Waals surface area contributed by atoms with Crippen molar-refractivity contribution >= 4 is 17.5 Å². The maximum Gasteiger partial charge on any atom is 0.224 e. The molecular formula is C12H18ClN3O. The van der Waals surface area contributed by atoms with E-state index in [1.54, 1.807) is 0 Å². The highest BCUT2D eigenvalue weighted by Crippen LogP contribution is 2.14. The molecule has 1 aromatic heterocycles. The van der Waals surface area contributed by atoms with Gasteiger partial charge in [-0.15, -0.1) is 0 Å². The van der Waals surface area contributed by atoms with Crippen LogP contribution in [0.4, 0.5) is 5.95 Å². The SMILES string of the molecule is CCCc1cc(Cl)nc(NCC2CCCO2)n1. The molecule has 1 atom stereocenters.